The van der Waals surface area contributed by atoms with Gasteiger partial charge in [0.2, 0.25) is 5.88 Å². The smallest absolute Gasteiger partial charge is 0.335 e. The van der Waals surface area contributed by atoms with E-state index in [1.54, 1.807) is 12.1 Å². The fraction of sp³-hybridized carbons (Fsp3) is 0.500. The molecule has 0 unspecified atom stereocenters. The van der Waals surface area contributed by atoms with Gasteiger partial charge in [0.05, 0.1) is 11.8 Å². The van der Waals surface area contributed by atoms with E-state index < -0.39 is 5.97 Å². The van der Waals surface area contributed by atoms with Gasteiger partial charge in [0.15, 0.2) is 0 Å². The highest BCUT2D eigenvalue weighted by atomic mass is 16.5. The first-order chi connectivity index (χ1) is 14.1. The van der Waals surface area contributed by atoms with Crippen LogP contribution >= 0.6 is 0 Å². The van der Waals surface area contributed by atoms with Crippen LogP contribution in [0.15, 0.2) is 30.5 Å². The van der Waals surface area contributed by atoms with Crippen LogP contribution in [0.25, 0.3) is 0 Å². The van der Waals surface area contributed by atoms with Crippen LogP contribution < -0.4 is 10.1 Å². The zero-order chi connectivity index (χ0) is 20.0. The molecule has 29 heavy (non-hydrogen) atoms. The van der Waals surface area contributed by atoms with E-state index in [0.717, 1.165) is 17.4 Å². The highest BCUT2D eigenvalue weighted by Gasteiger charge is 2.48. The van der Waals surface area contributed by atoms with Crippen LogP contribution in [0.2, 0.25) is 0 Å². The molecule has 4 aliphatic carbocycles. The number of nitrogens with zero attached hydrogens (tertiary/aromatic N) is 1. The zero-order valence-corrected chi connectivity index (χ0v) is 16.1. The number of hydrogen-bond donors (Lipinski definition) is 3. The number of carboxylic acid groups (broad SMARTS) is 1. The van der Waals surface area contributed by atoms with Gasteiger partial charge in [-0.2, -0.15) is 5.10 Å². The topological polar surface area (TPSA) is 104 Å². The molecule has 1 aromatic heterocycles. The van der Waals surface area contributed by atoms with E-state index in [0.29, 0.717) is 23.3 Å². The van der Waals surface area contributed by atoms with Crippen molar-refractivity contribution in [1.29, 1.82) is 0 Å². The monoisotopic (exact) mass is 395 g/mol. The predicted molar refractivity (Wildman–Crippen MR) is 105 cm³/mol. The number of ether oxygens (including phenoxy) is 1. The van der Waals surface area contributed by atoms with E-state index in [-0.39, 0.29) is 24.1 Å². The van der Waals surface area contributed by atoms with Crippen LogP contribution in [0.3, 0.4) is 0 Å². The Bertz CT molecular complexity index is 892. The minimum atomic E-state index is -0.963. The van der Waals surface area contributed by atoms with Crippen molar-refractivity contribution < 1.29 is 19.4 Å². The van der Waals surface area contributed by atoms with E-state index in [9.17, 15) is 9.59 Å². The van der Waals surface area contributed by atoms with Gasteiger partial charge >= 0.3 is 5.97 Å². The Hall–Kier alpha value is -2.83. The van der Waals surface area contributed by atoms with Gasteiger partial charge in [0.1, 0.15) is 12.2 Å². The van der Waals surface area contributed by atoms with Crippen LogP contribution in [0, 0.1) is 23.7 Å². The molecule has 4 fully saturated rings. The molecule has 1 aromatic carbocycles. The van der Waals surface area contributed by atoms with E-state index >= 15 is 0 Å². The minimum Gasteiger partial charge on any atom is -0.478 e. The molecule has 4 aliphatic rings. The molecule has 4 saturated carbocycles. The molecule has 152 valence electrons. The van der Waals surface area contributed by atoms with E-state index in [1.807, 2.05) is 0 Å². The first-order valence-electron chi connectivity index (χ1n) is 10.4. The molecule has 7 heteroatoms. The normalized spacial score (nSPS) is 29.6. The quantitative estimate of drug-likeness (QED) is 0.697. The predicted octanol–water partition coefficient (Wildman–Crippen LogP) is 3.24. The third-order valence-corrected chi connectivity index (χ3v) is 6.96. The summed E-state index contributed by atoms with van der Waals surface area (Å²) in [5.74, 6) is 2.20. The summed E-state index contributed by atoms with van der Waals surface area (Å²) in [6.07, 6.45) is 7.89. The van der Waals surface area contributed by atoms with Crippen molar-refractivity contribution in [2.24, 2.45) is 23.7 Å². The van der Waals surface area contributed by atoms with Crippen molar-refractivity contribution in [2.75, 3.05) is 0 Å². The Labute approximate surface area is 168 Å². The van der Waals surface area contributed by atoms with E-state index in [2.05, 4.69) is 15.5 Å². The Morgan fingerprint density at radius 3 is 2.34 bits per heavy atom. The average molecular weight is 395 g/mol. The first-order valence-corrected chi connectivity index (χ1v) is 10.4. The standard InChI is InChI=1S/C22H25N3O4/c26-20(24-19-16-6-13-5-14(8-16)9-17(19)7-13)18-10-23-25-21(18)29-11-12-1-3-15(4-2-12)22(27)28/h1-4,10,13-14,16-17,19H,5-9,11H2,(H,23,25)(H,24,26)(H,27,28). The molecular weight excluding hydrogens is 370 g/mol. The van der Waals surface area contributed by atoms with Crippen molar-refractivity contribution in [3.63, 3.8) is 0 Å². The molecule has 0 radical (unpaired) electrons. The van der Waals surface area contributed by atoms with Gasteiger partial charge in [0, 0.05) is 6.04 Å². The molecule has 1 amide bonds. The summed E-state index contributed by atoms with van der Waals surface area (Å²) >= 11 is 0. The van der Waals surface area contributed by atoms with Crippen LogP contribution in [0.1, 0.15) is 58.4 Å². The Morgan fingerprint density at radius 2 is 1.72 bits per heavy atom. The number of benzene rings is 1. The van der Waals surface area contributed by atoms with Gasteiger partial charge in [0.25, 0.3) is 5.91 Å². The number of H-pyrrole nitrogens is 1. The number of hydrogen-bond acceptors (Lipinski definition) is 4. The molecule has 0 atom stereocenters. The molecule has 1 heterocycles. The maximum Gasteiger partial charge on any atom is 0.335 e. The summed E-state index contributed by atoms with van der Waals surface area (Å²) in [7, 11) is 0. The molecule has 0 saturated heterocycles. The molecule has 7 nitrogen and oxygen atoms in total. The number of aromatic carboxylic acids is 1. The van der Waals surface area contributed by atoms with Crippen molar-refractivity contribution >= 4 is 11.9 Å². The lowest BCUT2D eigenvalue weighted by Crippen LogP contribution is -2.55. The number of aromatic amines is 1. The highest BCUT2D eigenvalue weighted by Crippen LogP contribution is 2.53. The largest absolute Gasteiger partial charge is 0.478 e. The lowest BCUT2D eigenvalue weighted by Gasteiger charge is -2.54. The number of nitrogens with one attached hydrogen (secondary N) is 2. The molecule has 6 rings (SSSR count). The number of aromatic nitrogens is 2. The fourth-order valence-electron chi connectivity index (χ4n) is 5.84. The zero-order valence-electron chi connectivity index (χ0n) is 16.1. The van der Waals surface area contributed by atoms with E-state index in [1.165, 1.54) is 50.4 Å². The van der Waals surface area contributed by atoms with E-state index in [4.69, 9.17) is 9.84 Å². The SMILES string of the molecule is O=C(O)c1ccc(COc2[nH]ncc2C(=O)NC2C3CC4CC(C3)CC2C4)cc1. The third-order valence-electron chi connectivity index (χ3n) is 6.96. The number of amides is 1. The summed E-state index contributed by atoms with van der Waals surface area (Å²) in [4.78, 5) is 23.9. The van der Waals surface area contributed by atoms with Crippen LogP contribution in [-0.4, -0.2) is 33.2 Å². The third kappa shape index (κ3) is 3.50. The van der Waals surface area contributed by atoms with Crippen molar-refractivity contribution in [2.45, 2.75) is 44.8 Å². The van der Waals surface area contributed by atoms with Gasteiger partial charge in [-0.25, -0.2) is 9.89 Å². The maximum atomic E-state index is 12.9. The molecule has 2 aromatic rings. The van der Waals surface area contributed by atoms with Crippen LogP contribution in [-0.2, 0) is 6.61 Å². The lowest BCUT2D eigenvalue weighted by atomic mass is 9.54. The summed E-state index contributed by atoms with van der Waals surface area (Å²) < 4.78 is 5.77. The summed E-state index contributed by atoms with van der Waals surface area (Å²) in [5.41, 5.74) is 1.46. The van der Waals surface area contributed by atoms with Gasteiger partial charge in [-0.15, -0.1) is 0 Å². The number of rotatable bonds is 6. The molecular formula is C22H25N3O4. The second-order valence-corrected chi connectivity index (χ2v) is 8.83. The Morgan fingerprint density at radius 1 is 1.07 bits per heavy atom. The van der Waals surface area contributed by atoms with Crippen LogP contribution in [0.5, 0.6) is 5.88 Å². The van der Waals surface area contributed by atoms with Crippen molar-refractivity contribution in [1.82, 2.24) is 15.5 Å². The van der Waals surface area contributed by atoms with Crippen molar-refractivity contribution in [3.8, 4) is 5.88 Å². The summed E-state index contributed by atoms with van der Waals surface area (Å²) in [5, 5.41) is 19.0. The molecule has 3 N–H and O–H groups in total. The van der Waals surface area contributed by atoms with Gasteiger partial charge in [-0.05, 0) is 73.5 Å². The van der Waals surface area contributed by atoms with Gasteiger partial charge in [-0.3, -0.25) is 4.79 Å². The molecule has 0 spiro atoms. The minimum absolute atomic E-state index is 0.132. The summed E-state index contributed by atoms with van der Waals surface area (Å²) in [6.45, 7) is 0.223. The average Bonchev–Trinajstić information content (AvgIpc) is 3.17. The van der Waals surface area contributed by atoms with Gasteiger partial charge < -0.3 is 15.2 Å². The second-order valence-electron chi connectivity index (χ2n) is 8.83. The Balaban J connectivity index is 1.23. The second kappa shape index (κ2) is 7.21. The molecule has 4 bridgehead atoms. The molecule has 0 aliphatic heterocycles. The number of carbonyl (C=O) groups is 2. The Kier molecular flexibility index (Phi) is 4.53. The fourth-order valence-corrected chi connectivity index (χ4v) is 5.84. The lowest BCUT2D eigenvalue weighted by molar-refractivity contribution is -0.0120. The van der Waals surface area contributed by atoms with Gasteiger partial charge in [-0.1, -0.05) is 12.1 Å². The number of carbonyl (C=O) groups excluding carboxylic acids is 1. The highest BCUT2D eigenvalue weighted by molar-refractivity contribution is 5.96. The van der Waals surface area contributed by atoms with Crippen molar-refractivity contribution in [3.05, 3.63) is 47.2 Å². The first kappa shape index (κ1) is 18.2. The maximum absolute atomic E-state index is 12.9. The van der Waals surface area contributed by atoms with Crippen LogP contribution in [0.4, 0.5) is 0 Å². The summed E-state index contributed by atoms with van der Waals surface area (Å²) in [6, 6.07) is 6.74. The number of carboxylic acids is 1.